The van der Waals surface area contributed by atoms with Crippen LogP contribution in [0.25, 0.3) is 0 Å². The van der Waals surface area contributed by atoms with Gasteiger partial charge in [-0.15, -0.1) is 0 Å². The molecule has 2 heterocycles. The van der Waals surface area contributed by atoms with Crippen molar-refractivity contribution in [1.29, 1.82) is 0 Å². The highest BCUT2D eigenvalue weighted by atomic mass is 16.7. The Balaban J connectivity index is 2.07. The summed E-state index contributed by atoms with van der Waals surface area (Å²) in [4.78, 5) is 13.0. The summed E-state index contributed by atoms with van der Waals surface area (Å²) in [6.07, 6.45) is -6.48. The summed E-state index contributed by atoms with van der Waals surface area (Å²) < 4.78 is 50.3. The predicted molar refractivity (Wildman–Crippen MR) is 153 cm³/mol. The summed E-state index contributed by atoms with van der Waals surface area (Å²) in [5.74, 6) is -1.77. The number of Topliss-reactive ketones (excluding diaryl/α,β-unsaturated/α-hetero) is 1. The van der Waals surface area contributed by atoms with E-state index in [1.54, 1.807) is 0 Å². The normalized spacial score (nSPS) is 32.6. The van der Waals surface area contributed by atoms with Crippen LogP contribution in [0.3, 0.4) is 0 Å². The molecule has 0 bridgehead atoms. The average Bonchev–Trinajstić information content (AvgIpc) is 3.01. The number of hydrogen-bond acceptors (Lipinski definition) is 15. The lowest BCUT2D eigenvalue weighted by atomic mass is 9.83. The largest absolute Gasteiger partial charge is 0.396 e. The molecule has 2 rings (SSSR count). The molecule has 5 N–H and O–H groups in total. The molecule has 2 fully saturated rings. The van der Waals surface area contributed by atoms with Gasteiger partial charge in [0.2, 0.25) is 0 Å². The van der Waals surface area contributed by atoms with Gasteiger partial charge in [0, 0.05) is 32.5 Å². The molecular formula is C29H54O15. The second kappa shape index (κ2) is 22.6. The van der Waals surface area contributed by atoms with Crippen LogP contribution in [0, 0.1) is 11.8 Å². The maximum Gasteiger partial charge on any atom is 0.164 e. The third kappa shape index (κ3) is 12.4. The van der Waals surface area contributed by atoms with Crippen LogP contribution in [0.1, 0.15) is 26.2 Å². The van der Waals surface area contributed by atoms with Gasteiger partial charge in [-0.1, -0.05) is 13.3 Å². The Bertz CT molecular complexity index is 746. The Morgan fingerprint density at radius 2 is 1.41 bits per heavy atom. The first-order valence-corrected chi connectivity index (χ1v) is 15.3. The predicted octanol–water partition coefficient (Wildman–Crippen LogP) is -1.72. The van der Waals surface area contributed by atoms with Crippen molar-refractivity contribution < 1.29 is 73.0 Å². The van der Waals surface area contributed by atoms with Crippen LogP contribution in [-0.4, -0.2) is 174 Å². The quantitative estimate of drug-likeness (QED) is 0.0588. The number of aliphatic hydroxyl groups excluding tert-OH is 5. The minimum atomic E-state index is -1.29. The monoisotopic (exact) mass is 642 g/mol. The van der Waals surface area contributed by atoms with Gasteiger partial charge in [0.1, 0.15) is 31.2 Å². The van der Waals surface area contributed by atoms with Crippen molar-refractivity contribution in [1.82, 2.24) is 0 Å². The van der Waals surface area contributed by atoms with Crippen LogP contribution in [0.15, 0.2) is 0 Å². The average molecular weight is 643 g/mol. The lowest BCUT2D eigenvalue weighted by molar-refractivity contribution is -0.242. The van der Waals surface area contributed by atoms with Gasteiger partial charge in [-0.2, -0.15) is 0 Å². The highest BCUT2D eigenvalue weighted by Crippen LogP contribution is 2.33. The summed E-state index contributed by atoms with van der Waals surface area (Å²) in [5.41, 5.74) is 0. The molecule has 4 unspecified atom stereocenters. The van der Waals surface area contributed by atoms with Gasteiger partial charge in [0.05, 0.1) is 97.1 Å². The van der Waals surface area contributed by atoms with Crippen molar-refractivity contribution in [2.45, 2.75) is 75.0 Å². The Morgan fingerprint density at radius 3 is 2.09 bits per heavy atom. The number of aliphatic hydroxyl groups is 5. The molecule has 0 aromatic carbocycles. The minimum Gasteiger partial charge on any atom is -0.396 e. The lowest BCUT2D eigenvalue weighted by Gasteiger charge is -2.45. The molecule has 44 heavy (non-hydrogen) atoms. The summed E-state index contributed by atoms with van der Waals surface area (Å²) in [7, 11) is 3.00. The molecule has 0 spiro atoms. The molecule has 260 valence electrons. The van der Waals surface area contributed by atoms with Crippen LogP contribution < -0.4 is 0 Å². The van der Waals surface area contributed by atoms with Gasteiger partial charge in [0.25, 0.3) is 0 Å². The Kier molecular flexibility index (Phi) is 20.2. The molecule has 0 aromatic rings. The summed E-state index contributed by atoms with van der Waals surface area (Å²) in [6, 6.07) is 0. The number of hydrogen-bond donors (Lipinski definition) is 5. The number of carbonyl (C=O) groups is 1. The summed E-state index contributed by atoms with van der Waals surface area (Å²) in [5, 5.41) is 51.4. The zero-order valence-electron chi connectivity index (χ0n) is 26.2. The van der Waals surface area contributed by atoms with Crippen LogP contribution in [0.5, 0.6) is 0 Å². The van der Waals surface area contributed by atoms with E-state index < -0.39 is 60.7 Å². The molecule has 10 atom stereocenters. The zero-order chi connectivity index (χ0) is 32.3. The Morgan fingerprint density at radius 1 is 0.682 bits per heavy atom. The first-order valence-electron chi connectivity index (χ1n) is 15.3. The van der Waals surface area contributed by atoms with Gasteiger partial charge in [-0.05, 0) is 6.42 Å². The minimum absolute atomic E-state index is 0.109. The van der Waals surface area contributed by atoms with Gasteiger partial charge >= 0.3 is 0 Å². The second-order valence-corrected chi connectivity index (χ2v) is 10.9. The van der Waals surface area contributed by atoms with Crippen molar-refractivity contribution in [3.05, 3.63) is 0 Å². The van der Waals surface area contributed by atoms with Gasteiger partial charge in [-0.25, -0.2) is 0 Å². The van der Waals surface area contributed by atoms with Crippen LogP contribution in [0.4, 0.5) is 0 Å². The number of carbonyl (C=O) groups excluding carboxylic acids is 1. The zero-order valence-corrected chi connectivity index (χ0v) is 26.2. The van der Waals surface area contributed by atoms with Crippen molar-refractivity contribution in [3.8, 4) is 0 Å². The fraction of sp³-hybridized carbons (Fsp3) is 0.966. The van der Waals surface area contributed by atoms with Crippen LogP contribution in [0.2, 0.25) is 0 Å². The molecule has 0 aromatic heterocycles. The first-order chi connectivity index (χ1) is 21.3. The van der Waals surface area contributed by atoms with Crippen LogP contribution in [-0.2, 0) is 47.4 Å². The van der Waals surface area contributed by atoms with Crippen molar-refractivity contribution in [2.24, 2.45) is 11.8 Å². The number of rotatable bonds is 24. The van der Waals surface area contributed by atoms with Crippen molar-refractivity contribution >= 4 is 5.78 Å². The van der Waals surface area contributed by atoms with E-state index in [2.05, 4.69) is 0 Å². The van der Waals surface area contributed by atoms with E-state index in [-0.39, 0.29) is 85.1 Å². The standard InChI is InChI=1S/C29H54O15/c1-4-5-22-29(42-13-12-38-9-8-31)26(34)20(28(44-22)21(32)6-7-30)15-41-17-24-27(35)25(33)19(14-36-2)23(43-24)16-39-10-11-40-18-37-3/h19-20,22-31,33-35H,4-18H2,1-3H3/t19-,20+,22+,23?,24+,25-,26?,27?,28-,29?/m1/s1. The molecule has 2 saturated heterocycles. The topological polar surface area (TPSA) is 201 Å². The van der Waals surface area contributed by atoms with Crippen LogP contribution >= 0.6 is 0 Å². The lowest BCUT2D eigenvalue weighted by Crippen LogP contribution is -2.60. The second-order valence-electron chi connectivity index (χ2n) is 10.9. The molecule has 2 aliphatic heterocycles. The Labute approximate surface area is 259 Å². The Hall–Kier alpha value is -0.890. The van der Waals surface area contributed by atoms with E-state index >= 15 is 0 Å². The van der Waals surface area contributed by atoms with E-state index in [0.717, 1.165) is 0 Å². The molecule has 0 aliphatic carbocycles. The molecule has 15 nitrogen and oxygen atoms in total. The fourth-order valence-corrected chi connectivity index (χ4v) is 5.47. The molecule has 15 heteroatoms. The SMILES string of the molecule is CCC[C@@H]1O[C@@H](C(=O)CCO)[C@@H](COC[C@@H]2OC(COCCOCOC)[C@@H](COC)[C@@H](O)C2O)C(O)C1OCCOCCO. The molecular weight excluding hydrogens is 588 g/mol. The highest BCUT2D eigenvalue weighted by Gasteiger charge is 2.49. The van der Waals surface area contributed by atoms with Gasteiger partial charge in [0.15, 0.2) is 5.78 Å². The van der Waals surface area contributed by atoms with Crippen molar-refractivity contribution in [3.63, 3.8) is 0 Å². The molecule has 0 radical (unpaired) electrons. The number of ketones is 1. The summed E-state index contributed by atoms with van der Waals surface area (Å²) >= 11 is 0. The van der Waals surface area contributed by atoms with Crippen molar-refractivity contribution in [2.75, 3.05) is 93.7 Å². The van der Waals surface area contributed by atoms with E-state index in [4.69, 9.17) is 47.7 Å². The van der Waals surface area contributed by atoms with E-state index in [1.807, 2.05) is 6.92 Å². The maximum absolute atomic E-state index is 13.0. The smallest absolute Gasteiger partial charge is 0.164 e. The van der Waals surface area contributed by atoms with E-state index in [0.29, 0.717) is 19.4 Å². The third-order valence-electron chi connectivity index (χ3n) is 7.68. The van der Waals surface area contributed by atoms with E-state index in [9.17, 15) is 25.2 Å². The molecule has 2 aliphatic rings. The van der Waals surface area contributed by atoms with Gasteiger partial charge in [-0.3, -0.25) is 4.79 Å². The first kappa shape index (κ1) is 39.3. The molecule has 0 saturated carbocycles. The maximum atomic E-state index is 13.0. The number of methoxy groups -OCH3 is 2. The summed E-state index contributed by atoms with van der Waals surface area (Å²) in [6.45, 7) is 2.59. The third-order valence-corrected chi connectivity index (χ3v) is 7.68. The highest BCUT2D eigenvalue weighted by molar-refractivity contribution is 5.83. The van der Waals surface area contributed by atoms with Gasteiger partial charge < -0.3 is 68.2 Å². The molecule has 0 amide bonds. The van der Waals surface area contributed by atoms with E-state index in [1.165, 1.54) is 14.2 Å². The number of ether oxygens (including phenoxy) is 9. The fourth-order valence-electron chi connectivity index (χ4n) is 5.47.